The summed E-state index contributed by atoms with van der Waals surface area (Å²) in [6, 6.07) is 10.8. The van der Waals surface area contributed by atoms with Crippen molar-refractivity contribution in [2.45, 2.75) is 51.5 Å². The zero-order valence-corrected chi connectivity index (χ0v) is 20.2. The molecule has 0 atom stereocenters. The van der Waals surface area contributed by atoms with Crippen LogP contribution in [0.5, 0.6) is 0 Å². The van der Waals surface area contributed by atoms with E-state index in [9.17, 15) is 0 Å². The van der Waals surface area contributed by atoms with Crippen molar-refractivity contribution in [1.82, 2.24) is 15.0 Å². The lowest BCUT2D eigenvalue weighted by atomic mass is 9.91. The lowest BCUT2D eigenvalue weighted by Crippen LogP contribution is -2.34. The molecule has 2 aromatic heterocycles. The Morgan fingerprint density at radius 1 is 0.970 bits per heavy atom. The molecule has 0 amide bonds. The van der Waals surface area contributed by atoms with Gasteiger partial charge in [-0.05, 0) is 89.2 Å². The zero-order valence-electron chi connectivity index (χ0n) is 20.2. The lowest BCUT2D eigenvalue weighted by molar-refractivity contribution is 0.372. The summed E-state index contributed by atoms with van der Waals surface area (Å²) in [5.41, 5.74) is 4.75. The van der Waals surface area contributed by atoms with Gasteiger partial charge in [-0.15, -0.1) is 0 Å². The van der Waals surface area contributed by atoms with Gasteiger partial charge in [-0.1, -0.05) is 11.2 Å². The average molecular weight is 448 g/mol. The fourth-order valence-corrected chi connectivity index (χ4v) is 5.51. The van der Waals surface area contributed by atoms with E-state index in [0.29, 0.717) is 0 Å². The lowest BCUT2D eigenvalue weighted by Gasteiger charge is -2.32. The van der Waals surface area contributed by atoms with E-state index in [-0.39, 0.29) is 0 Å². The Morgan fingerprint density at radius 2 is 1.79 bits per heavy atom. The number of hydrogen-bond donors (Lipinski definition) is 0. The molecule has 2 aliphatic heterocycles. The first-order valence-corrected chi connectivity index (χ1v) is 12.6. The average Bonchev–Trinajstić information content (AvgIpc) is 3.28. The molecule has 0 aliphatic carbocycles. The van der Waals surface area contributed by atoms with Crippen molar-refractivity contribution in [2.24, 2.45) is 5.92 Å². The number of piperidine rings is 2. The van der Waals surface area contributed by atoms with Gasteiger partial charge in [0, 0.05) is 55.6 Å². The maximum atomic E-state index is 6.01. The zero-order chi connectivity index (χ0) is 22.6. The molecule has 0 N–H and O–H groups in total. The van der Waals surface area contributed by atoms with E-state index in [1.54, 1.807) is 0 Å². The van der Waals surface area contributed by atoms with Crippen LogP contribution in [0.15, 0.2) is 41.1 Å². The van der Waals surface area contributed by atoms with Crippen molar-refractivity contribution < 1.29 is 4.52 Å². The Morgan fingerprint density at radius 3 is 2.52 bits per heavy atom. The van der Waals surface area contributed by atoms with E-state index in [2.05, 4.69) is 63.2 Å². The highest BCUT2D eigenvalue weighted by Gasteiger charge is 2.23. The fraction of sp³-hybridized carbons (Fsp3) is 0.556. The summed E-state index contributed by atoms with van der Waals surface area (Å²) in [5.74, 6) is 1.85. The second-order valence-electron chi connectivity index (χ2n) is 10.0. The first kappa shape index (κ1) is 22.2. The molecule has 0 radical (unpaired) electrons. The van der Waals surface area contributed by atoms with Gasteiger partial charge in [-0.2, -0.15) is 0 Å². The van der Waals surface area contributed by atoms with Crippen molar-refractivity contribution in [2.75, 3.05) is 50.1 Å². The van der Waals surface area contributed by atoms with Gasteiger partial charge in [0.15, 0.2) is 5.58 Å². The van der Waals surface area contributed by atoms with Gasteiger partial charge in [-0.25, -0.2) is 4.98 Å². The largest absolute Gasteiger partial charge is 0.371 e. The Bertz CT molecular complexity index is 1030. The van der Waals surface area contributed by atoms with E-state index in [0.717, 1.165) is 62.2 Å². The molecular weight excluding hydrogens is 410 g/mol. The molecule has 176 valence electrons. The van der Waals surface area contributed by atoms with Gasteiger partial charge in [0.05, 0.1) is 5.69 Å². The normalized spacial score (nSPS) is 17.9. The molecule has 3 aromatic rings. The molecule has 6 nitrogen and oxygen atoms in total. The molecule has 2 fully saturated rings. The van der Waals surface area contributed by atoms with Gasteiger partial charge in [0.1, 0.15) is 5.82 Å². The number of aromatic nitrogens is 2. The smallest absolute Gasteiger partial charge is 0.173 e. The number of aryl methyl sites for hydroxylation is 1. The molecule has 1 aromatic carbocycles. The highest BCUT2D eigenvalue weighted by molar-refractivity contribution is 5.87. The third-order valence-corrected chi connectivity index (χ3v) is 7.34. The van der Waals surface area contributed by atoms with Crippen LogP contribution in [0.25, 0.3) is 11.0 Å². The molecule has 0 saturated carbocycles. The number of rotatable bonds is 7. The molecule has 2 aliphatic rings. The van der Waals surface area contributed by atoms with Gasteiger partial charge >= 0.3 is 0 Å². The van der Waals surface area contributed by atoms with Crippen LogP contribution in [0.3, 0.4) is 0 Å². The second-order valence-corrected chi connectivity index (χ2v) is 10.0. The summed E-state index contributed by atoms with van der Waals surface area (Å²) in [5, 5.41) is 5.77. The van der Waals surface area contributed by atoms with Crippen LogP contribution in [0.2, 0.25) is 0 Å². The van der Waals surface area contributed by atoms with E-state index >= 15 is 0 Å². The van der Waals surface area contributed by atoms with Gasteiger partial charge in [0.25, 0.3) is 0 Å². The van der Waals surface area contributed by atoms with Crippen LogP contribution < -0.4 is 9.80 Å². The van der Waals surface area contributed by atoms with Crippen LogP contribution in [0.4, 0.5) is 11.5 Å². The van der Waals surface area contributed by atoms with Crippen LogP contribution in [0.1, 0.15) is 49.8 Å². The summed E-state index contributed by atoms with van der Waals surface area (Å²) >= 11 is 0. The van der Waals surface area contributed by atoms with Crippen molar-refractivity contribution >= 4 is 22.5 Å². The van der Waals surface area contributed by atoms with Crippen LogP contribution >= 0.6 is 0 Å². The summed E-state index contributed by atoms with van der Waals surface area (Å²) in [7, 11) is 4.26. The highest BCUT2D eigenvalue weighted by Crippen LogP contribution is 2.34. The fourth-order valence-electron chi connectivity index (χ4n) is 5.51. The maximum Gasteiger partial charge on any atom is 0.173 e. The molecule has 0 unspecified atom stereocenters. The third kappa shape index (κ3) is 5.01. The SMILES string of the molecule is CN(C)Cc1c(N2CCCCC2)ccc2c(CCC3CCN(c4ccccn4)CC3)noc12. The molecule has 6 heteroatoms. The van der Waals surface area contributed by atoms with Gasteiger partial charge in [0.2, 0.25) is 0 Å². The molecule has 4 heterocycles. The second kappa shape index (κ2) is 10.1. The van der Waals surface area contributed by atoms with Gasteiger partial charge < -0.3 is 19.2 Å². The van der Waals surface area contributed by atoms with E-state index < -0.39 is 0 Å². The number of nitrogens with zero attached hydrogens (tertiary/aromatic N) is 5. The van der Waals surface area contributed by atoms with E-state index in [4.69, 9.17) is 4.52 Å². The summed E-state index contributed by atoms with van der Waals surface area (Å²) in [4.78, 5) is 11.7. The topological polar surface area (TPSA) is 48.6 Å². The van der Waals surface area contributed by atoms with Crippen molar-refractivity contribution in [3.8, 4) is 0 Å². The first-order valence-electron chi connectivity index (χ1n) is 12.6. The molecule has 5 rings (SSSR count). The standard InChI is InChI=1S/C27H37N5O/c1-30(2)20-23-25(31-16-6-3-7-17-31)12-10-22-24(29-33-27(22)23)11-9-21-13-18-32(19-14-21)26-8-4-5-15-28-26/h4-5,8,10,12,15,21H,3,6-7,9,11,13-14,16-20H2,1-2H3. The molecule has 2 saturated heterocycles. The number of pyridine rings is 1. The third-order valence-electron chi connectivity index (χ3n) is 7.34. The summed E-state index contributed by atoms with van der Waals surface area (Å²) < 4.78 is 6.01. The number of hydrogen-bond acceptors (Lipinski definition) is 6. The predicted octanol–water partition coefficient (Wildman–Crippen LogP) is 5.12. The number of anilines is 2. The van der Waals surface area contributed by atoms with Crippen LogP contribution in [-0.4, -0.2) is 55.3 Å². The minimum Gasteiger partial charge on any atom is -0.371 e. The number of fused-ring (bicyclic) bond motifs is 1. The van der Waals surface area contributed by atoms with Gasteiger partial charge in [-0.3, -0.25) is 0 Å². The molecular formula is C27H37N5O. The van der Waals surface area contributed by atoms with Crippen LogP contribution in [0, 0.1) is 5.92 Å². The van der Waals surface area contributed by atoms with Crippen molar-refractivity contribution in [3.05, 3.63) is 47.8 Å². The predicted molar refractivity (Wildman–Crippen MR) is 135 cm³/mol. The maximum absolute atomic E-state index is 6.01. The highest BCUT2D eigenvalue weighted by atomic mass is 16.5. The number of benzene rings is 1. The summed E-state index contributed by atoms with van der Waals surface area (Å²) in [6.45, 7) is 5.35. The van der Waals surface area contributed by atoms with Crippen LogP contribution in [-0.2, 0) is 13.0 Å². The van der Waals surface area contributed by atoms with Crippen molar-refractivity contribution in [3.63, 3.8) is 0 Å². The molecule has 0 bridgehead atoms. The van der Waals surface area contributed by atoms with Crippen molar-refractivity contribution in [1.29, 1.82) is 0 Å². The van der Waals surface area contributed by atoms with E-state index in [1.807, 2.05) is 12.3 Å². The molecule has 0 spiro atoms. The quantitative estimate of drug-likeness (QED) is 0.501. The minimum absolute atomic E-state index is 0.741. The Labute approximate surface area is 197 Å². The Balaban J connectivity index is 1.27. The monoisotopic (exact) mass is 447 g/mol. The Hall–Kier alpha value is -2.60. The minimum atomic E-state index is 0.741. The van der Waals surface area contributed by atoms with E-state index in [1.165, 1.54) is 55.2 Å². The Kier molecular flexibility index (Phi) is 6.81. The summed E-state index contributed by atoms with van der Waals surface area (Å²) in [6.07, 6.45) is 10.4. The first-order chi connectivity index (χ1) is 16.2. The molecule has 33 heavy (non-hydrogen) atoms.